The van der Waals surface area contributed by atoms with E-state index in [1.807, 2.05) is 13.0 Å². The second-order valence-electron chi connectivity index (χ2n) is 5.27. The topological polar surface area (TPSA) is 75.9 Å². The normalized spacial score (nSPS) is 15.1. The fraction of sp³-hybridized carbons (Fsp3) is 0.714. The standard InChI is InChI=1S/C14H25N5/c1-11-18-13(16-8-3-7-15)10-14(19-11)17-9-6-12-4-2-5-12/h10,12H,2-9,15H2,1H3,(H2,16,17,18,19). The van der Waals surface area contributed by atoms with Crippen molar-refractivity contribution in [2.75, 3.05) is 30.3 Å². The number of nitrogens with two attached hydrogens (primary N) is 1. The molecule has 1 heterocycles. The van der Waals surface area contributed by atoms with E-state index in [1.54, 1.807) is 0 Å². The molecule has 0 bridgehead atoms. The highest BCUT2D eigenvalue weighted by atomic mass is 15.1. The summed E-state index contributed by atoms with van der Waals surface area (Å²) < 4.78 is 0. The molecule has 106 valence electrons. The molecule has 1 aliphatic rings. The number of nitrogens with one attached hydrogen (secondary N) is 2. The smallest absolute Gasteiger partial charge is 0.131 e. The maximum absolute atomic E-state index is 5.48. The summed E-state index contributed by atoms with van der Waals surface area (Å²) in [5.41, 5.74) is 5.48. The van der Waals surface area contributed by atoms with E-state index in [9.17, 15) is 0 Å². The molecule has 0 aromatic carbocycles. The Morgan fingerprint density at radius 2 is 1.89 bits per heavy atom. The summed E-state index contributed by atoms with van der Waals surface area (Å²) in [6.07, 6.45) is 6.41. The first-order valence-electron chi connectivity index (χ1n) is 7.31. The summed E-state index contributed by atoms with van der Waals surface area (Å²) >= 11 is 0. The van der Waals surface area contributed by atoms with Crippen LogP contribution in [0.4, 0.5) is 11.6 Å². The second-order valence-corrected chi connectivity index (χ2v) is 5.27. The number of nitrogens with zero attached hydrogens (tertiary/aromatic N) is 2. The molecule has 2 rings (SSSR count). The van der Waals surface area contributed by atoms with Crippen LogP contribution < -0.4 is 16.4 Å². The molecule has 19 heavy (non-hydrogen) atoms. The van der Waals surface area contributed by atoms with Crippen molar-refractivity contribution in [1.29, 1.82) is 0 Å². The van der Waals surface area contributed by atoms with Crippen LogP contribution in [0.1, 0.15) is 37.9 Å². The highest BCUT2D eigenvalue weighted by molar-refractivity contribution is 5.47. The summed E-state index contributed by atoms with van der Waals surface area (Å²) in [5.74, 6) is 3.52. The van der Waals surface area contributed by atoms with Gasteiger partial charge in [0.15, 0.2) is 0 Å². The van der Waals surface area contributed by atoms with Gasteiger partial charge in [0.25, 0.3) is 0 Å². The van der Waals surface area contributed by atoms with Gasteiger partial charge in [-0.2, -0.15) is 0 Å². The van der Waals surface area contributed by atoms with E-state index in [2.05, 4.69) is 20.6 Å². The maximum Gasteiger partial charge on any atom is 0.131 e. The lowest BCUT2D eigenvalue weighted by atomic mass is 9.83. The van der Waals surface area contributed by atoms with E-state index in [-0.39, 0.29) is 0 Å². The van der Waals surface area contributed by atoms with Crippen molar-refractivity contribution in [2.24, 2.45) is 11.7 Å². The van der Waals surface area contributed by atoms with Crippen LogP contribution in [0, 0.1) is 12.8 Å². The van der Waals surface area contributed by atoms with Gasteiger partial charge in [0.2, 0.25) is 0 Å². The van der Waals surface area contributed by atoms with Crippen molar-refractivity contribution in [3.05, 3.63) is 11.9 Å². The summed E-state index contributed by atoms with van der Waals surface area (Å²) in [7, 11) is 0. The molecule has 1 aromatic heterocycles. The van der Waals surface area contributed by atoms with Gasteiger partial charge in [0.1, 0.15) is 17.5 Å². The SMILES string of the molecule is Cc1nc(NCCCN)cc(NCCC2CCC2)n1. The van der Waals surface area contributed by atoms with Crippen molar-refractivity contribution < 1.29 is 0 Å². The zero-order valence-corrected chi connectivity index (χ0v) is 11.8. The fourth-order valence-corrected chi connectivity index (χ4v) is 2.25. The molecule has 1 aromatic rings. The van der Waals surface area contributed by atoms with Crippen molar-refractivity contribution in [2.45, 2.75) is 39.0 Å². The number of anilines is 2. The fourth-order valence-electron chi connectivity index (χ4n) is 2.25. The van der Waals surface area contributed by atoms with Crippen molar-refractivity contribution in [1.82, 2.24) is 9.97 Å². The van der Waals surface area contributed by atoms with Gasteiger partial charge in [-0.1, -0.05) is 19.3 Å². The predicted octanol–water partition coefficient (Wildman–Crippen LogP) is 2.15. The van der Waals surface area contributed by atoms with Crippen LogP contribution >= 0.6 is 0 Å². The van der Waals surface area contributed by atoms with Gasteiger partial charge in [0.05, 0.1) is 0 Å². The van der Waals surface area contributed by atoms with Crippen LogP contribution in [0.5, 0.6) is 0 Å². The quantitative estimate of drug-likeness (QED) is 0.627. The van der Waals surface area contributed by atoms with Gasteiger partial charge in [0, 0.05) is 19.2 Å². The Kier molecular flexibility index (Phi) is 5.39. The number of aryl methyl sites for hydroxylation is 1. The Hall–Kier alpha value is -1.36. The summed E-state index contributed by atoms with van der Waals surface area (Å²) in [4.78, 5) is 8.79. The molecule has 1 aliphatic carbocycles. The summed E-state index contributed by atoms with van der Waals surface area (Å²) in [6.45, 7) is 4.48. The molecule has 1 fully saturated rings. The third-order valence-corrected chi connectivity index (χ3v) is 3.61. The number of hydrogen-bond acceptors (Lipinski definition) is 5. The lowest BCUT2D eigenvalue weighted by Crippen LogP contribution is -2.16. The van der Waals surface area contributed by atoms with Crippen LogP contribution in [0.25, 0.3) is 0 Å². The van der Waals surface area contributed by atoms with Gasteiger partial charge in [-0.25, -0.2) is 9.97 Å². The average Bonchev–Trinajstić information content (AvgIpc) is 2.32. The van der Waals surface area contributed by atoms with Crippen molar-refractivity contribution in [3.8, 4) is 0 Å². The van der Waals surface area contributed by atoms with Crippen LogP contribution in [-0.2, 0) is 0 Å². The van der Waals surface area contributed by atoms with Crippen LogP contribution in [0.2, 0.25) is 0 Å². The number of hydrogen-bond donors (Lipinski definition) is 3. The average molecular weight is 263 g/mol. The molecule has 0 spiro atoms. The Bertz CT molecular complexity index is 389. The highest BCUT2D eigenvalue weighted by Crippen LogP contribution is 2.29. The van der Waals surface area contributed by atoms with Crippen LogP contribution in [0.15, 0.2) is 6.07 Å². The first-order valence-corrected chi connectivity index (χ1v) is 7.31. The summed E-state index contributed by atoms with van der Waals surface area (Å²) in [5, 5.41) is 6.68. The summed E-state index contributed by atoms with van der Waals surface area (Å²) in [6, 6.07) is 1.98. The van der Waals surface area contributed by atoms with E-state index in [1.165, 1.54) is 25.7 Å². The molecule has 1 saturated carbocycles. The zero-order valence-electron chi connectivity index (χ0n) is 11.8. The van der Waals surface area contributed by atoms with Gasteiger partial charge in [-0.05, 0) is 32.2 Å². The molecular formula is C14H25N5. The molecule has 0 atom stereocenters. The first kappa shape index (κ1) is 14.1. The molecule has 5 nitrogen and oxygen atoms in total. The Labute approximate surface area is 115 Å². The number of aromatic nitrogens is 2. The van der Waals surface area contributed by atoms with Gasteiger partial charge in [-0.3, -0.25) is 0 Å². The maximum atomic E-state index is 5.48. The third kappa shape index (κ3) is 4.67. The minimum absolute atomic E-state index is 0.698. The van der Waals surface area contributed by atoms with E-state index >= 15 is 0 Å². The molecular weight excluding hydrogens is 238 g/mol. The minimum atomic E-state index is 0.698. The van der Waals surface area contributed by atoms with Crippen LogP contribution in [0.3, 0.4) is 0 Å². The van der Waals surface area contributed by atoms with Crippen molar-refractivity contribution >= 4 is 11.6 Å². The third-order valence-electron chi connectivity index (χ3n) is 3.61. The Morgan fingerprint density at radius 3 is 2.47 bits per heavy atom. The molecule has 0 saturated heterocycles. The van der Waals surface area contributed by atoms with E-state index in [4.69, 9.17) is 5.73 Å². The number of rotatable bonds is 8. The van der Waals surface area contributed by atoms with E-state index in [0.29, 0.717) is 6.54 Å². The molecule has 0 amide bonds. The largest absolute Gasteiger partial charge is 0.370 e. The Balaban J connectivity index is 1.80. The molecule has 0 aliphatic heterocycles. The second kappa shape index (κ2) is 7.28. The zero-order chi connectivity index (χ0) is 13.5. The monoisotopic (exact) mass is 263 g/mol. The van der Waals surface area contributed by atoms with Gasteiger partial charge in [-0.15, -0.1) is 0 Å². The molecule has 0 unspecified atom stereocenters. The molecule has 5 heteroatoms. The first-order chi connectivity index (χ1) is 9.28. The van der Waals surface area contributed by atoms with E-state index in [0.717, 1.165) is 42.9 Å². The van der Waals surface area contributed by atoms with E-state index < -0.39 is 0 Å². The van der Waals surface area contributed by atoms with Gasteiger partial charge < -0.3 is 16.4 Å². The van der Waals surface area contributed by atoms with Gasteiger partial charge >= 0.3 is 0 Å². The lowest BCUT2D eigenvalue weighted by Gasteiger charge is -2.25. The van der Waals surface area contributed by atoms with Crippen LogP contribution in [-0.4, -0.2) is 29.6 Å². The predicted molar refractivity (Wildman–Crippen MR) is 79.4 cm³/mol. The molecule has 0 radical (unpaired) electrons. The minimum Gasteiger partial charge on any atom is -0.370 e. The highest BCUT2D eigenvalue weighted by Gasteiger charge is 2.16. The molecule has 4 N–H and O–H groups in total. The van der Waals surface area contributed by atoms with Crippen molar-refractivity contribution in [3.63, 3.8) is 0 Å². The Morgan fingerprint density at radius 1 is 1.21 bits per heavy atom. The lowest BCUT2D eigenvalue weighted by molar-refractivity contribution is 0.303.